The summed E-state index contributed by atoms with van der Waals surface area (Å²) in [7, 11) is 1.55. The van der Waals surface area contributed by atoms with E-state index < -0.39 is 0 Å². The van der Waals surface area contributed by atoms with Gasteiger partial charge in [0.1, 0.15) is 11.6 Å². The Labute approximate surface area is 99.0 Å². The number of anilines is 3. The fourth-order valence-corrected chi connectivity index (χ4v) is 1.52. The van der Waals surface area contributed by atoms with Crippen molar-refractivity contribution in [3.05, 3.63) is 48.3 Å². The lowest BCUT2D eigenvalue weighted by Crippen LogP contribution is -1.95. The summed E-state index contributed by atoms with van der Waals surface area (Å²) in [5.41, 5.74) is 7.74. The SMILES string of the molecule is COc1cc(Nc2cccc(F)c2)ccc1N. The van der Waals surface area contributed by atoms with Gasteiger partial charge in [0, 0.05) is 17.4 Å². The lowest BCUT2D eigenvalue weighted by Gasteiger charge is -2.09. The average Bonchev–Trinajstić information content (AvgIpc) is 2.32. The second-order valence-corrected chi connectivity index (χ2v) is 3.59. The van der Waals surface area contributed by atoms with Crippen LogP contribution in [0.5, 0.6) is 5.75 Å². The molecule has 0 heterocycles. The van der Waals surface area contributed by atoms with Crippen LogP contribution in [0.3, 0.4) is 0 Å². The minimum Gasteiger partial charge on any atom is -0.495 e. The largest absolute Gasteiger partial charge is 0.495 e. The number of ether oxygens (including phenoxy) is 1. The predicted molar refractivity (Wildman–Crippen MR) is 67.1 cm³/mol. The lowest BCUT2D eigenvalue weighted by atomic mass is 10.2. The van der Waals surface area contributed by atoms with E-state index in [1.807, 2.05) is 6.07 Å². The molecule has 0 aliphatic rings. The van der Waals surface area contributed by atoms with Gasteiger partial charge in [-0.3, -0.25) is 0 Å². The first-order chi connectivity index (χ1) is 8.19. The predicted octanol–water partition coefficient (Wildman–Crippen LogP) is 3.16. The maximum Gasteiger partial charge on any atom is 0.143 e. The second-order valence-electron chi connectivity index (χ2n) is 3.59. The molecule has 2 aromatic carbocycles. The summed E-state index contributed by atoms with van der Waals surface area (Å²) >= 11 is 0. The molecule has 0 amide bonds. The average molecular weight is 232 g/mol. The van der Waals surface area contributed by atoms with Crippen LogP contribution in [0.25, 0.3) is 0 Å². The molecule has 2 rings (SSSR count). The van der Waals surface area contributed by atoms with Crippen LogP contribution in [-0.2, 0) is 0 Å². The van der Waals surface area contributed by atoms with E-state index in [-0.39, 0.29) is 5.82 Å². The van der Waals surface area contributed by atoms with Crippen molar-refractivity contribution in [2.75, 3.05) is 18.2 Å². The zero-order valence-corrected chi connectivity index (χ0v) is 9.41. The van der Waals surface area contributed by atoms with Gasteiger partial charge < -0.3 is 15.8 Å². The molecule has 0 fully saturated rings. The van der Waals surface area contributed by atoms with Gasteiger partial charge in [0.25, 0.3) is 0 Å². The number of nitrogen functional groups attached to an aromatic ring is 1. The number of nitrogens with one attached hydrogen (secondary N) is 1. The van der Waals surface area contributed by atoms with Crippen molar-refractivity contribution in [3.63, 3.8) is 0 Å². The Bertz CT molecular complexity index is 529. The summed E-state index contributed by atoms with van der Waals surface area (Å²) in [5.74, 6) is 0.309. The van der Waals surface area contributed by atoms with Gasteiger partial charge in [-0.1, -0.05) is 6.07 Å². The molecule has 0 aliphatic carbocycles. The second kappa shape index (κ2) is 4.74. The molecule has 4 heteroatoms. The summed E-state index contributed by atoms with van der Waals surface area (Å²) < 4.78 is 18.1. The third kappa shape index (κ3) is 2.66. The fourth-order valence-electron chi connectivity index (χ4n) is 1.52. The monoisotopic (exact) mass is 232 g/mol. The molecule has 0 saturated carbocycles. The van der Waals surface area contributed by atoms with Crippen LogP contribution in [0.15, 0.2) is 42.5 Å². The molecular formula is C13H13FN2O. The molecule has 0 saturated heterocycles. The summed E-state index contributed by atoms with van der Waals surface area (Å²) in [5, 5.41) is 3.07. The highest BCUT2D eigenvalue weighted by atomic mass is 19.1. The van der Waals surface area contributed by atoms with E-state index >= 15 is 0 Å². The van der Waals surface area contributed by atoms with Gasteiger partial charge in [-0.25, -0.2) is 4.39 Å². The highest BCUT2D eigenvalue weighted by Crippen LogP contribution is 2.27. The van der Waals surface area contributed by atoms with E-state index in [4.69, 9.17) is 10.5 Å². The first kappa shape index (κ1) is 11.3. The van der Waals surface area contributed by atoms with E-state index in [0.717, 1.165) is 5.69 Å². The molecule has 2 aromatic rings. The summed E-state index contributed by atoms with van der Waals surface area (Å²) in [6.45, 7) is 0. The molecule has 0 aromatic heterocycles. The van der Waals surface area contributed by atoms with Gasteiger partial charge >= 0.3 is 0 Å². The first-order valence-corrected chi connectivity index (χ1v) is 5.15. The third-order valence-electron chi connectivity index (χ3n) is 2.35. The third-order valence-corrected chi connectivity index (χ3v) is 2.35. The smallest absolute Gasteiger partial charge is 0.143 e. The molecule has 0 unspecified atom stereocenters. The zero-order valence-electron chi connectivity index (χ0n) is 9.41. The first-order valence-electron chi connectivity index (χ1n) is 5.15. The zero-order chi connectivity index (χ0) is 12.3. The normalized spacial score (nSPS) is 10.0. The van der Waals surface area contributed by atoms with E-state index in [1.54, 1.807) is 31.4 Å². The van der Waals surface area contributed by atoms with Crippen LogP contribution < -0.4 is 15.8 Å². The number of hydrogen-bond acceptors (Lipinski definition) is 3. The van der Waals surface area contributed by atoms with E-state index in [9.17, 15) is 4.39 Å². The summed E-state index contributed by atoms with van der Waals surface area (Å²) in [6, 6.07) is 11.6. The standard InChI is InChI=1S/C13H13FN2O/c1-17-13-8-11(5-6-12(13)15)16-10-4-2-3-9(14)7-10/h2-8,16H,15H2,1H3. The molecule has 3 N–H and O–H groups in total. The molecule has 88 valence electrons. The number of methoxy groups -OCH3 is 1. The van der Waals surface area contributed by atoms with Crippen LogP contribution in [0.2, 0.25) is 0 Å². The van der Waals surface area contributed by atoms with E-state index in [0.29, 0.717) is 17.1 Å². The van der Waals surface area contributed by atoms with Crippen LogP contribution in [0.4, 0.5) is 21.5 Å². The Morgan fingerprint density at radius 3 is 2.59 bits per heavy atom. The molecule has 0 spiro atoms. The van der Waals surface area contributed by atoms with Crippen molar-refractivity contribution >= 4 is 17.1 Å². The van der Waals surface area contributed by atoms with Gasteiger partial charge in [0.05, 0.1) is 12.8 Å². The number of halogens is 1. The number of nitrogens with two attached hydrogens (primary N) is 1. The molecular weight excluding hydrogens is 219 g/mol. The van der Waals surface area contributed by atoms with Crippen molar-refractivity contribution in [1.29, 1.82) is 0 Å². The molecule has 0 bridgehead atoms. The Kier molecular flexibility index (Phi) is 3.14. The fraction of sp³-hybridized carbons (Fsp3) is 0.0769. The maximum atomic E-state index is 13.0. The lowest BCUT2D eigenvalue weighted by molar-refractivity contribution is 0.417. The van der Waals surface area contributed by atoms with Crippen LogP contribution in [-0.4, -0.2) is 7.11 Å². The molecule has 17 heavy (non-hydrogen) atoms. The number of rotatable bonds is 3. The minimum absolute atomic E-state index is 0.280. The quantitative estimate of drug-likeness (QED) is 0.799. The molecule has 0 aliphatic heterocycles. The van der Waals surface area contributed by atoms with Crippen molar-refractivity contribution in [1.82, 2.24) is 0 Å². The van der Waals surface area contributed by atoms with Gasteiger partial charge in [0.15, 0.2) is 0 Å². The van der Waals surface area contributed by atoms with E-state index in [2.05, 4.69) is 5.32 Å². The Morgan fingerprint density at radius 2 is 1.88 bits per heavy atom. The minimum atomic E-state index is -0.280. The van der Waals surface area contributed by atoms with Crippen LogP contribution in [0.1, 0.15) is 0 Å². The topological polar surface area (TPSA) is 47.3 Å². The Hall–Kier alpha value is -2.23. The van der Waals surface area contributed by atoms with E-state index in [1.165, 1.54) is 12.1 Å². The Morgan fingerprint density at radius 1 is 1.12 bits per heavy atom. The Balaban J connectivity index is 2.24. The van der Waals surface area contributed by atoms with Crippen LogP contribution in [0, 0.1) is 5.82 Å². The summed E-state index contributed by atoms with van der Waals surface area (Å²) in [6.07, 6.45) is 0. The number of hydrogen-bond donors (Lipinski definition) is 2. The molecule has 0 atom stereocenters. The van der Waals surface area contributed by atoms with Gasteiger partial charge in [0.2, 0.25) is 0 Å². The summed E-state index contributed by atoms with van der Waals surface area (Å²) in [4.78, 5) is 0. The van der Waals surface area contributed by atoms with Gasteiger partial charge in [-0.2, -0.15) is 0 Å². The van der Waals surface area contributed by atoms with Gasteiger partial charge in [-0.05, 0) is 30.3 Å². The highest BCUT2D eigenvalue weighted by Gasteiger charge is 2.01. The van der Waals surface area contributed by atoms with Crippen LogP contribution >= 0.6 is 0 Å². The number of benzene rings is 2. The maximum absolute atomic E-state index is 13.0. The van der Waals surface area contributed by atoms with Crippen molar-refractivity contribution in [2.24, 2.45) is 0 Å². The molecule has 0 radical (unpaired) electrons. The van der Waals surface area contributed by atoms with Crippen molar-refractivity contribution < 1.29 is 9.13 Å². The van der Waals surface area contributed by atoms with Gasteiger partial charge in [-0.15, -0.1) is 0 Å². The van der Waals surface area contributed by atoms with Crippen molar-refractivity contribution in [3.8, 4) is 5.75 Å². The highest BCUT2D eigenvalue weighted by molar-refractivity contribution is 5.66. The van der Waals surface area contributed by atoms with Crippen molar-refractivity contribution in [2.45, 2.75) is 0 Å². The molecule has 3 nitrogen and oxygen atoms in total.